The number of aryl methyl sites for hydroxylation is 1. The van der Waals surface area contributed by atoms with Crippen molar-refractivity contribution >= 4 is 17.4 Å². The summed E-state index contributed by atoms with van der Waals surface area (Å²) in [6, 6.07) is 3.84. The highest BCUT2D eigenvalue weighted by Crippen LogP contribution is 2.39. The number of rotatable bonds is 3. The molecule has 1 aromatic carbocycles. The Balaban J connectivity index is 1.66. The second-order valence-corrected chi connectivity index (χ2v) is 7.80. The number of amides is 1. The molecule has 0 saturated carbocycles. The van der Waals surface area contributed by atoms with Crippen LogP contribution in [-0.2, 0) is 6.18 Å². The molecule has 0 saturated heterocycles. The van der Waals surface area contributed by atoms with Gasteiger partial charge in [0.15, 0.2) is 5.78 Å². The Labute approximate surface area is 180 Å². The highest BCUT2D eigenvalue weighted by atomic mass is 19.4. The van der Waals surface area contributed by atoms with Crippen molar-refractivity contribution in [3.05, 3.63) is 76.6 Å². The number of Topliss-reactive ketones (excluding diaryl/α,β-unsaturated/α-hetero) is 1. The standard InChI is InChI=1S/C22H18F4N4O2/c1-11-5-14(9-27-8-11)21(32)29-18-10-28-30-12(2)6-15(20(31)19(18)30)13-3-4-16(17(23)7-13)22(24,25)26/h3-5,7-10,12,15H,6H2,1-2H3,(H,29,32)/t12-,15?/m0/s1. The zero-order valence-electron chi connectivity index (χ0n) is 17.1. The lowest BCUT2D eigenvalue weighted by molar-refractivity contribution is -0.140. The quantitative estimate of drug-likeness (QED) is 0.579. The zero-order chi connectivity index (χ0) is 23.2. The van der Waals surface area contributed by atoms with Gasteiger partial charge in [-0.1, -0.05) is 6.07 Å². The van der Waals surface area contributed by atoms with Gasteiger partial charge in [0.1, 0.15) is 11.5 Å². The number of hydrogen-bond donors (Lipinski definition) is 1. The highest BCUT2D eigenvalue weighted by molar-refractivity contribution is 6.10. The molecule has 1 aliphatic rings. The van der Waals surface area contributed by atoms with Gasteiger partial charge in [0, 0.05) is 12.4 Å². The van der Waals surface area contributed by atoms with Crippen molar-refractivity contribution in [2.45, 2.75) is 38.4 Å². The number of nitrogens with one attached hydrogen (secondary N) is 1. The summed E-state index contributed by atoms with van der Waals surface area (Å²) in [5.41, 5.74) is 0.113. The lowest BCUT2D eigenvalue weighted by Gasteiger charge is -2.28. The number of halogens is 4. The third kappa shape index (κ3) is 3.88. The van der Waals surface area contributed by atoms with Crippen LogP contribution in [0.4, 0.5) is 23.2 Å². The van der Waals surface area contributed by atoms with Crippen molar-refractivity contribution in [3.8, 4) is 0 Å². The van der Waals surface area contributed by atoms with Crippen LogP contribution in [0.1, 0.15) is 62.8 Å². The zero-order valence-corrected chi connectivity index (χ0v) is 17.1. The molecule has 3 aromatic rings. The Morgan fingerprint density at radius 2 is 1.94 bits per heavy atom. The molecule has 1 unspecified atom stereocenters. The summed E-state index contributed by atoms with van der Waals surface area (Å²) in [5, 5.41) is 6.84. The number of aromatic nitrogens is 3. The van der Waals surface area contributed by atoms with Crippen LogP contribution in [-0.4, -0.2) is 26.5 Å². The molecular weight excluding hydrogens is 428 g/mol. The van der Waals surface area contributed by atoms with Gasteiger partial charge < -0.3 is 5.32 Å². The third-order valence-electron chi connectivity index (χ3n) is 5.43. The Morgan fingerprint density at radius 3 is 2.59 bits per heavy atom. The highest BCUT2D eigenvalue weighted by Gasteiger charge is 2.38. The van der Waals surface area contributed by atoms with E-state index in [0.717, 1.165) is 17.7 Å². The van der Waals surface area contributed by atoms with E-state index in [1.54, 1.807) is 26.1 Å². The lowest BCUT2D eigenvalue weighted by Crippen LogP contribution is -2.29. The fourth-order valence-electron chi connectivity index (χ4n) is 3.89. The lowest BCUT2D eigenvalue weighted by atomic mass is 9.84. The van der Waals surface area contributed by atoms with Gasteiger partial charge in [-0.2, -0.15) is 18.3 Å². The van der Waals surface area contributed by atoms with Crippen LogP contribution in [0.3, 0.4) is 0 Å². The van der Waals surface area contributed by atoms with Gasteiger partial charge in [0.25, 0.3) is 5.91 Å². The van der Waals surface area contributed by atoms with E-state index in [-0.39, 0.29) is 29.4 Å². The maximum absolute atomic E-state index is 14.1. The number of fused-ring (bicyclic) bond motifs is 1. The first-order valence-electron chi connectivity index (χ1n) is 9.77. The molecule has 0 bridgehead atoms. The number of alkyl halides is 3. The van der Waals surface area contributed by atoms with Crippen LogP contribution < -0.4 is 5.32 Å². The van der Waals surface area contributed by atoms with E-state index in [1.807, 2.05) is 0 Å². The molecule has 0 radical (unpaired) electrons. The predicted molar refractivity (Wildman–Crippen MR) is 107 cm³/mol. The average molecular weight is 446 g/mol. The monoisotopic (exact) mass is 446 g/mol. The summed E-state index contributed by atoms with van der Waals surface area (Å²) >= 11 is 0. The summed E-state index contributed by atoms with van der Waals surface area (Å²) in [6.07, 6.45) is -0.268. The van der Waals surface area contributed by atoms with E-state index in [2.05, 4.69) is 15.4 Å². The van der Waals surface area contributed by atoms with Gasteiger partial charge >= 0.3 is 6.18 Å². The topological polar surface area (TPSA) is 76.9 Å². The minimum Gasteiger partial charge on any atom is -0.319 e. The SMILES string of the molecule is Cc1cncc(C(=O)Nc2cnn3c2C(=O)C(c2ccc(C(F)(F)F)c(F)c2)C[C@@H]3C)c1. The molecule has 2 aromatic heterocycles. The molecule has 0 aliphatic carbocycles. The van der Waals surface area contributed by atoms with Crippen molar-refractivity contribution in [1.82, 2.24) is 14.8 Å². The summed E-state index contributed by atoms with van der Waals surface area (Å²) in [4.78, 5) is 29.8. The summed E-state index contributed by atoms with van der Waals surface area (Å²) in [5.74, 6) is -3.25. The van der Waals surface area contributed by atoms with Crippen molar-refractivity contribution < 1.29 is 27.2 Å². The molecule has 3 heterocycles. The number of carbonyl (C=O) groups is 2. The Bertz CT molecular complexity index is 1220. The molecule has 10 heteroatoms. The van der Waals surface area contributed by atoms with Crippen molar-refractivity contribution in [3.63, 3.8) is 0 Å². The van der Waals surface area contributed by atoms with E-state index in [9.17, 15) is 27.2 Å². The van der Waals surface area contributed by atoms with Crippen LogP contribution in [0, 0.1) is 12.7 Å². The second-order valence-electron chi connectivity index (χ2n) is 7.80. The van der Waals surface area contributed by atoms with Gasteiger partial charge in [-0.05, 0) is 49.6 Å². The van der Waals surface area contributed by atoms with Crippen molar-refractivity contribution in [1.29, 1.82) is 0 Å². The Hall–Kier alpha value is -3.56. The summed E-state index contributed by atoms with van der Waals surface area (Å²) in [6.45, 7) is 3.57. The minimum absolute atomic E-state index is 0.114. The van der Waals surface area contributed by atoms with Gasteiger partial charge in [-0.15, -0.1) is 0 Å². The van der Waals surface area contributed by atoms with E-state index in [4.69, 9.17) is 0 Å². The smallest absolute Gasteiger partial charge is 0.319 e. The molecule has 6 nitrogen and oxygen atoms in total. The normalized spacial score (nSPS) is 18.4. The molecule has 0 fully saturated rings. The number of nitrogens with zero attached hydrogens (tertiary/aromatic N) is 3. The van der Waals surface area contributed by atoms with Crippen LogP contribution in [0.5, 0.6) is 0 Å². The molecule has 166 valence electrons. The van der Waals surface area contributed by atoms with E-state index >= 15 is 0 Å². The molecule has 1 amide bonds. The number of pyridine rings is 1. The fraction of sp³-hybridized carbons (Fsp3) is 0.273. The van der Waals surface area contributed by atoms with E-state index in [0.29, 0.717) is 11.6 Å². The molecular formula is C22H18F4N4O2. The number of carbonyl (C=O) groups excluding carboxylic acids is 2. The Morgan fingerprint density at radius 1 is 1.19 bits per heavy atom. The molecule has 0 spiro atoms. The van der Waals surface area contributed by atoms with Crippen LogP contribution >= 0.6 is 0 Å². The molecule has 1 N–H and O–H groups in total. The first-order chi connectivity index (χ1) is 15.1. The number of hydrogen-bond acceptors (Lipinski definition) is 4. The van der Waals surface area contributed by atoms with Gasteiger partial charge in [0.05, 0.1) is 35.0 Å². The molecule has 1 aliphatic heterocycles. The minimum atomic E-state index is -4.83. The largest absolute Gasteiger partial charge is 0.419 e. The summed E-state index contributed by atoms with van der Waals surface area (Å²) in [7, 11) is 0. The third-order valence-corrected chi connectivity index (χ3v) is 5.43. The van der Waals surface area contributed by atoms with Crippen LogP contribution in [0.2, 0.25) is 0 Å². The second kappa shape index (κ2) is 7.85. The van der Waals surface area contributed by atoms with Gasteiger partial charge in [-0.25, -0.2) is 4.39 Å². The van der Waals surface area contributed by atoms with Crippen LogP contribution in [0.25, 0.3) is 0 Å². The first kappa shape index (κ1) is 21.7. The van der Waals surface area contributed by atoms with Crippen LogP contribution in [0.15, 0.2) is 42.9 Å². The molecule has 4 rings (SSSR count). The van der Waals surface area contributed by atoms with Gasteiger partial charge in [0.2, 0.25) is 0 Å². The van der Waals surface area contributed by atoms with E-state index < -0.39 is 35.2 Å². The van der Waals surface area contributed by atoms with Gasteiger partial charge in [-0.3, -0.25) is 19.3 Å². The number of ketones is 1. The number of benzene rings is 1. The molecule has 32 heavy (non-hydrogen) atoms. The fourth-order valence-corrected chi connectivity index (χ4v) is 3.89. The average Bonchev–Trinajstić information content (AvgIpc) is 3.14. The Kier molecular flexibility index (Phi) is 5.31. The molecule has 2 atom stereocenters. The predicted octanol–water partition coefficient (Wildman–Crippen LogP) is 4.93. The number of anilines is 1. The first-order valence-corrected chi connectivity index (χ1v) is 9.77. The van der Waals surface area contributed by atoms with Crippen molar-refractivity contribution in [2.75, 3.05) is 5.32 Å². The van der Waals surface area contributed by atoms with Crippen molar-refractivity contribution in [2.24, 2.45) is 0 Å². The maximum atomic E-state index is 14.1. The maximum Gasteiger partial charge on any atom is 0.419 e. The summed E-state index contributed by atoms with van der Waals surface area (Å²) < 4.78 is 54.3. The van der Waals surface area contributed by atoms with E-state index in [1.165, 1.54) is 17.1 Å².